The van der Waals surface area contributed by atoms with E-state index in [4.69, 9.17) is 0 Å². The number of nitrogens with zero attached hydrogens (tertiary/aromatic N) is 2. The van der Waals surface area contributed by atoms with Gasteiger partial charge in [0.25, 0.3) is 15.9 Å². The van der Waals surface area contributed by atoms with E-state index in [2.05, 4.69) is 45.9 Å². The molecule has 1 fully saturated rings. The fourth-order valence-corrected chi connectivity index (χ4v) is 5.70. The average Bonchev–Trinajstić information content (AvgIpc) is 2.83. The molecule has 0 saturated carbocycles. The van der Waals surface area contributed by atoms with Crippen LogP contribution in [0.15, 0.2) is 78.0 Å². The van der Waals surface area contributed by atoms with Crippen molar-refractivity contribution in [3.63, 3.8) is 0 Å². The summed E-state index contributed by atoms with van der Waals surface area (Å²) in [7, 11) is -3.75. The van der Waals surface area contributed by atoms with Crippen molar-refractivity contribution in [2.75, 3.05) is 17.8 Å². The van der Waals surface area contributed by atoms with Crippen molar-refractivity contribution in [3.8, 4) is 0 Å². The molecule has 1 amide bonds. The fourth-order valence-electron chi connectivity index (χ4n) is 4.65. The van der Waals surface area contributed by atoms with Gasteiger partial charge in [0, 0.05) is 44.1 Å². The quantitative estimate of drug-likeness (QED) is 0.490. The molecule has 2 atom stereocenters. The van der Waals surface area contributed by atoms with E-state index in [1.54, 1.807) is 12.1 Å². The number of piperidine rings is 1. The van der Waals surface area contributed by atoms with Gasteiger partial charge in [-0.05, 0) is 65.8 Å². The lowest BCUT2D eigenvalue weighted by Gasteiger charge is -2.35. The van der Waals surface area contributed by atoms with Crippen molar-refractivity contribution >= 4 is 21.6 Å². The molecule has 4 rings (SSSR count). The Bertz CT molecular complexity index is 1220. The Balaban J connectivity index is 1.30. The highest BCUT2D eigenvalue weighted by molar-refractivity contribution is 7.92. The van der Waals surface area contributed by atoms with Gasteiger partial charge in [-0.1, -0.05) is 38.1 Å². The van der Waals surface area contributed by atoms with Crippen molar-refractivity contribution in [2.24, 2.45) is 11.8 Å². The molecule has 2 N–H and O–H groups in total. The van der Waals surface area contributed by atoms with Gasteiger partial charge < -0.3 is 5.32 Å². The molecule has 8 heteroatoms. The molecule has 1 aromatic heterocycles. The molecule has 35 heavy (non-hydrogen) atoms. The van der Waals surface area contributed by atoms with Crippen LogP contribution in [0, 0.1) is 11.8 Å². The Morgan fingerprint density at radius 2 is 1.51 bits per heavy atom. The minimum Gasteiger partial charge on any atom is -0.348 e. The normalized spacial score (nSPS) is 18.7. The van der Waals surface area contributed by atoms with E-state index in [0.29, 0.717) is 17.8 Å². The van der Waals surface area contributed by atoms with E-state index in [0.717, 1.165) is 37.0 Å². The van der Waals surface area contributed by atoms with E-state index in [-0.39, 0.29) is 10.8 Å². The van der Waals surface area contributed by atoms with Crippen LogP contribution in [0.1, 0.15) is 41.8 Å². The lowest BCUT2D eigenvalue weighted by molar-refractivity contribution is 0.0951. The van der Waals surface area contributed by atoms with Crippen LogP contribution >= 0.6 is 0 Å². The third-order valence-electron chi connectivity index (χ3n) is 6.19. The molecule has 2 heterocycles. The highest BCUT2D eigenvalue weighted by Crippen LogP contribution is 2.22. The van der Waals surface area contributed by atoms with Crippen molar-refractivity contribution < 1.29 is 13.2 Å². The maximum Gasteiger partial charge on any atom is 0.261 e. The first-order chi connectivity index (χ1) is 16.8. The van der Waals surface area contributed by atoms with Gasteiger partial charge in [-0.15, -0.1) is 0 Å². The van der Waals surface area contributed by atoms with Gasteiger partial charge in [-0.2, -0.15) is 0 Å². The first-order valence-electron chi connectivity index (χ1n) is 11.9. The lowest BCUT2D eigenvalue weighted by atomic mass is 9.91. The van der Waals surface area contributed by atoms with Crippen LogP contribution in [0.2, 0.25) is 0 Å². The van der Waals surface area contributed by atoms with Crippen LogP contribution < -0.4 is 10.0 Å². The summed E-state index contributed by atoms with van der Waals surface area (Å²) in [6, 6.07) is 17.4. The van der Waals surface area contributed by atoms with Crippen molar-refractivity contribution in [2.45, 2.75) is 38.3 Å². The number of carbonyl (C=O) groups is 1. The Kier molecular flexibility index (Phi) is 7.83. The Morgan fingerprint density at radius 1 is 0.914 bits per heavy atom. The van der Waals surface area contributed by atoms with Gasteiger partial charge in [0.1, 0.15) is 0 Å². The maximum atomic E-state index is 12.6. The van der Waals surface area contributed by atoms with E-state index in [1.165, 1.54) is 48.6 Å². The molecule has 7 nitrogen and oxygen atoms in total. The second-order valence-corrected chi connectivity index (χ2v) is 11.2. The molecular formula is C27H32N4O3S. The van der Waals surface area contributed by atoms with Gasteiger partial charge in [0.15, 0.2) is 0 Å². The molecule has 184 valence electrons. The molecule has 0 aliphatic carbocycles. The number of hydrogen-bond donors (Lipinski definition) is 2. The molecule has 1 aliphatic rings. The van der Waals surface area contributed by atoms with Crippen LogP contribution in [0.4, 0.5) is 5.69 Å². The molecule has 0 spiro atoms. The van der Waals surface area contributed by atoms with Gasteiger partial charge in [-0.3, -0.25) is 19.4 Å². The number of likely N-dealkylation sites (tertiary alicyclic amines) is 1. The summed E-state index contributed by atoms with van der Waals surface area (Å²) >= 11 is 0. The average molecular weight is 493 g/mol. The van der Waals surface area contributed by atoms with E-state index in [1.807, 2.05) is 12.1 Å². The zero-order valence-electron chi connectivity index (χ0n) is 20.1. The molecule has 1 aliphatic heterocycles. The number of benzene rings is 2. The molecule has 0 radical (unpaired) electrons. The molecule has 3 aromatic rings. The zero-order valence-corrected chi connectivity index (χ0v) is 21.0. The SMILES string of the molecule is CC1CC(C)CN(Cc2ccc(CNC(=O)c3ccc(S(=O)(=O)Nc4ccncc4)cc3)cc2)C1. The van der Waals surface area contributed by atoms with Crippen LogP contribution in [0.5, 0.6) is 0 Å². The number of rotatable bonds is 8. The number of pyridine rings is 1. The minimum atomic E-state index is -3.75. The largest absolute Gasteiger partial charge is 0.348 e. The smallest absolute Gasteiger partial charge is 0.261 e. The monoisotopic (exact) mass is 492 g/mol. The first kappa shape index (κ1) is 24.9. The molecule has 1 saturated heterocycles. The van der Waals surface area contributed by atoms with Crippen LogP contribution in [-0.2, 0) is 23.1 Å². The van der Waals surface area contributed by atoms with Gasteiger partial charge >= 0.3 is 0 Å². The predicted octanol–water partition coefficient (Wildman–Crippen LogP) is 4.29. The third kappa shape index (κ3) is 6.90. The molecule has 2 unspecified atom stereocenters. The fraction of sp³-hybridized carbons (Fsp3) is 0.333. The standard InChI is InChI=1S/C27H32N4O3S/c1-20-15-21(2)18-31(17-20)19-23-5-3-22(4-6-23)16-29-27(32)24-7-9-26(10-8-24)35(33,34)30-25-11-13-28-14-12-25/h3-14,20-21H,15-19H2,1-2H3,(H,28,30)(H,29,32). The van der Waals surface area contributed by atoms with Crippen LogP contribution in [0.25, 0.3) is 0 Å². The van der Waals surface area contributed by atoms with Gasteiger partial charge in [0.2, 0.25) is 0 Å². The van der Waals surface area contributed by atoms with E-state index < -0.39 is 10.0 Å². The summed E-state index contributed by atoms with van der Waals surface area (Å²) in [5.74, 6) is 1.22. The van der Waals surface area contributed by atoms with Gasteiger partial charge in [0.05, 0.1) is 10.6 Å². The van der Waals surface area contributed by atoms with Crippen molar-refractivity contribution in [1.82, 2.24) is 15.2 Å². The number of anilines is 1. The predicted molar refractivity (Wildman–Crippen MR) is 137 cm³/mol. The number of nitrogens with one attached hydrogen (secondary N) is 2. The number of hydrogen-bond acceptors (Lipinski definition) is 5. The summed E-state index contributed by atoms with van der Waals surface area (Å²) in [5.41, 5.74) is 3.12. The third-order valence-corrected chi connectivity index (χ3v) is 7.58. The van der Waals surface area contributed by atoms with Gasteiger partial charge in [-0.25, -0.2) is 8.42 Å². The second kappa shape index (κ2) is 11.0. The summed E-state index contributed by atoms with van der Waals surface area (Å²) < 4.78 is 27.6. The number of carbonyl (C=O) groups excluding carboxylic acids is 1. The van der Waals surface area contributed by atoms with E-state index in [9.17, 15) is 13.2 Å². The molecular weight excluding hydrogens is 460 g/mol. The Morgan fingerprint density at radius 3 is 2.14 bits per heavy atom. The molecule has 2 aromatic carbocycles. The lowest BCUT2D eigenvalue weighted by Crippen LogP contribution is -2.38. The van der Waals surface area contributed by atoms with E-state index >= 15 is 0 Å². The minimum absolute atomic E-state index is 0.0824. The maximum absolute atomic E-state index is 12.6. The van der Waals surface area contributed by atoms with Crippen LogP contribution in [0.3, 0.4) is 0 Å². The summed E-state index contributed by atoms with van der Waals surface area (Å²) in [4.78, 5) is 19.0. The topological polar surface area (TPSA) is 91.4 Å². The summed E-state index contributed by atoms with van der Waals surface area (Å²) in [5, 5.41) is 2.90. The number of amides is 1. The summed E-state index contributed by atoms with van der Waals surface area (Å²) in [6.45, 7) is 8.28. The number of sulfonamides is 1. The Labute approximate surface area is 207 Å². The molecule has 0 bridgehead atoms. The highest BCUT2D eigenvalue weighted by Gasteiger charge is 2.21. The first-order valence-corrected chi connectivity index (χ1v) is 13.4. The van der Waals surface area contributed by atoms with Crippen molar-refractivity contribution in [3.05, 3.63) is 89.7 Å². The number of aromatic nitrogens is 1. The summed E-state index contributed by atoms with van der Waals surface area (Å²) in [6.07, 6.45) is 4.32. The highest BCUT2D eigenvalue weighted by atomic mass is 32.2. The second-order valence-electron chi connectivity index (χ2n) is 9.51. The van der Waals surface area contributed by atoms with Crippen molar-refractivity contribution in [1.29, 1.82) is 0 Å². The van der Waals surface area contributed by atoms with Crippen LogP contribution in [-0.4, -0.2) is 37.3 Å². The zero-order chi connectivity index (χ0) is 24.8. The Hall–Kier alpha value is -3.23.